The molecule has 0 radical (unpaired) electrons. The number of rotatable bonds is 5. The Balaban J connectivity index is 1.32. The van der Waals surface area contributed by atoms with Crippen LogP contribution in [0.3, 0.4) is 0 Å². The first kappa shape index (κ1) is 17.3. The number of nitrogens with one attached hydrogen (secondary N) is 2. The van der Waals surface area contributed by atoms with Crippen LogP contribution in [0.1, 0.15) is 31.9 Å². The van der Waals surface area contributed by atoms with Crippen LogP contribution >= 0.6 is 0 Å². The van der Waals surface area contributed by atoms with Crippen LogP contribution in [0.4, 0.5) is 0 Å². The highest BCUT2D eigenvalue weighted by molar-refractivity contribution is 5.87. The number of carbonyl (C=O) groups is 1. The van der Waals surface area contributed by atoms with Gasteiger partial charge in [-0.15, -0.1) is 0 Å². The number of para-hydroxylation sites is 1. The number of benzene rings is 1. The van der Waals surface area contributed by atoms with Crippen molar-refractivity contribution in [1.82, 2.24) is 15.6 Å². The summed E-state index contributed by atoms with van der Waals surface area (Å²) in [6.07, 6.45) is 3.23. The Morgan fingerprint density at radius 1 is 1.27 bits per heavy atom. The average molecular weight is 353 g/mol. The molecule has 5 nitrogen and oxygen atoms in total. The summed E-state index contributed by atoms with van der Waals surface area (Å²) in [5.74, 6) is 0.947. The second-order valence-electron chi connectivity index (χ2n) is 7.92. The number of amides is 1. The van der Waals surface area contributed by atoms with Crippen molar-refractivity contribution in [3.8, 4) is 5.75 Å². The number of hydrogen-bond acceptors (Lipinski definition) is 4. The maximum Gasteiger partial charge on any atom is 0.226 e. The molecule has 1 aliphatic heterocycles. The highest BCUT2D eigenvalue weighted by Gasteiger charge is 2.67. The summed E-state index contributed by atoms with van der Waals surface area (Å²) in [6.45, 7) is 7.12. The van der Waals surface area contributed by atoms with E-state index in [9.17, 15) is 4.79 Å². The van der Waals surface area contributed by atoms with Gasteiger partial charge in [-0.05, 0) is 56.8 Å². The van der Waals surface area contributed by atoms with Crippen LogP contribution in [-0.2, 0) is 4.79 Å². The summed E-state index contributed by atoms with van der Waals surface area (Å²) < 4.78 is 5.91. The van der Waals surface area contributed by atoms with Gasteiger partial charge in [0.15, 0.2) is 0 Å². The molecule has 1 aromatic carbocycles. The number of pyridine rings is 1. The second kappa shape index (κ2) is 6.54. The SMILES string of the molecule is Cc1ccc2cccc(OCCNC(=O)C3(C)CC34CCNCC4)c2n1. The fourth-order valence-corrected chi connectivity index (χ4v) is 4.44. The van der Waals surface area contributed by atoms with E-state index in [1.807, 2.05) is 31.2 Å². The van der Waals surface area contributed by atoms with Crippen molar-refractivity contribution < 1.29 is 9.53 Å². The molecule has 2 aromatic rings. The van der Waals surface area contributed by atoms with Crippen molar-refractivity contribution in [3.05, 3.63) is 36.0 Å². The van der Waals surface area contributed by atoms with Crippen LogP contribution in [0.2, 0.25) is 0 Å². The number of hydrogen-bond donors (Lipinski definition) is 2. The van der Waals surface area contributed by atoms with Crippen LogP contribution in [0.15, 0.2) is 30.3 Å². The first-order valence-electron chi connectivity index (χ1n) is 9.52. The fourth-order valence-electron chi connectivity index (χ4n) is 4.44. The Morgan fingerprint density at radius 2 is 2.08 bits per heavy atom. The molecule has 2 aliphatic rings. The van der Waals surface area contributed by atoms with E-state index in [4.69, 9.17) is 4.74 Å². The minimum absolute atomic E-state index is 0.176. The normalized spacial score (nSPS) is 23.8. The van der Waals surface area contributed by atoms with Crippen LogP contribution in [0.5, 0.6) is 5.75 Å². The number of ether oxygens (including phenoxy) is 1. The predicted molar refractivity (Wildman–Crippen MR) is 102 cm³/mol. The van der Waals surface area contributed by atoms with Gasteiger partial charge in [0.2, 0.25) is 5.91 Å². The number of fused-ring (bicyclic) bond motifs is 1. The zero-order valence-corrected chi connectivity index (χ0v) is 15.6. The average Bonchev–Trinajstić information content (AvgIpc) is 3.23. The second-order valence-corrected chi connectivity index (χ2v) is 7.92. The first-order chi connectivity index (χ1) is 12.5. The van der Waals surface area contributed by atoms with Gasteiger partial charge >= 0.3 is 0 Å². The summed E-state index contributed by atoms with van der Waals surface area (Å²) in [5, 5.41) is 7.54. The minimum atomic E-state index is -0.201. The van der Waals surface area contributed by atoms with Crippen molar-refractivity contribution >= 4 is 16.8 Å². The van der Waals surface area contributed by atoms with Crippen molar-refractivity contribution in [2.45, 2.75) is 33.1 Å². The number of aromatic nitrogens is 1. The number of piperidine rings is 1. The third-order valence-electron chi connectivity index (χ3n) is 6.27. The zero-order valence-electron chi connectivity index (χ0n) is 15.6. The maximum atomic E-state index is 12.7. The Bertz CT molecular complexity index is 829. The molecule has 1 unspecified atom stereocenters. The topological polar surface area (TPSA) is 63.2 Å². The lowest BCUT2D eigenvalue weighted by Crippen LogP contribution is -2.39. The lowest BCUT2D eigenvalue weighted by atomic mass is 9.85. The molecule has 1 saturated carbocycles. The summed E-state index contributed by atoms with van der Waals surface area (Å²) in [6, 6.07) is 9.99. The number of aryl methyl sites for hydroxylation is 1. The van der Waals surface area contributed by atoms with Crippen LogP contribution in [-0.4, -0.2) is 37.1 Å². The molecule has 2 fully saturated rings. The van der Waals surface area contributed by atoms with E-state index in [0.717, 1.165) is 54.7 Å². The highest BCUT2D eigenvalue weighted by atomic mass is 16.5. The third kappa shape index (κ3) is 2.94. The molecule has 1 aliphatic carbocycles. The number of nitrogens with zero attached hydrogens (tertiary/aromatic N) is 1. The highest BCUT2D eigenvalue weighted by Crippen LogP contribution is 2.68. The van der Waals surface area contributed by atoms with Crippen LogP contribution in [0, 0.1) is 17.8 Å². The molecule has 1 aromatic heterocycles. The van der Waals surface area contributed by atoms with Gasteiger partial charge in [-0.2, -0.15) is 0 Å². The summed E-state index contributed by atoms with van der Waals surface area (Å²) in [7, 11) is 0. The Hall–Kier alpha value is -2.14. The lowest BCUT2D eigenvalue weighted by Gasteiger charge is -2.27. The summed E-state index contributed by atoms with van der Waals surface area (Å²) in [4.78, 5) is 17.2. The summed E-state index contributed by atoms with van der Waals surface area (Å²) in [5.41, 5.74) is 1.87. The Kier molecular flexibility index (Phi) is 4.35. The minimum Gasteiger partial charge on any atom is -0.489 e. The van der Waals surface area contributed by atoms with Gasteiger partial charge in [-0.3, -0.25) is 4.79 Å². The van der Waals surface area contributed by atoms with E-state index >= 15 is 0 Å². The van der Waals surface area contributed by atoms with Crippen LogP contribution in [0.25, 0.3) is 10.9 Å². The van der Waals surface area contributed by atoms with Gasteiger partial charge in [0, 0.05) is 11.1 Å². The van der Waals surface area contributed by atoms with Gasteiger partial charge in [0.05, 0.1) is 12.0 Å². The van der Waals surface area contributed by atoms with Gasteiger partial charge in [0.25, 0.3) is 0 Å². The van der Waals surface area contributed by atoms with Crippen LogP contribution < -0.4 is 15.4 Å². The van der Waals surface area contributed by atoms with E-state index in [0.29, 0.717) is 13.2 Å². The smallest absolute Gasteiger partial charge is 0.226 e. The molecule has 2 N–H and O–H groups in total. The summed E-state index contributed by atoms with van der Waals surface area (Å²) >= 11 is 0. The Morgan fingerprint density at radius 3 is 2.88 bits per heavy atom. The fraction of sp³-hybridized carbons (Fsp3) is 0.524. The van der Waals surface area contributed by atoms with E-state index in [1.54, 1.807) is 0 Å². The molecule has 138 valence electrons. The van der Waals surface area contributed by atoms with Crippen molar-refractivity contribution in [1.29, 1.82) is 0 Å². The van der Waals surface area contributed by atoms with E-state index < -0.39 is 0 Å². The van der Waals surface area contributed by atoms with Gasteiger partial charge < -0.3 is 15.4 Å². The van der Waals surface area contributed by atoms with E-state index in [1.165, 1.54) is 0 Å². The molecule has 1 amide bonds. The van der Waals surface area contributed by atoms with E-state index in [2.05, 4.69) is 28.6 Å². The molecule has 26 heavy (non-hydrogen) atoms. The molecule has 2 heterocycles. The molecular formula is C21H27N3O2. The molecular weight excluding hydrogens is 326 g/mol. The molecule has 5 heteroatoms. The standard InChI is InChI=1S/C21H27N3O2/c1-15-6-7-16-4-3-5-17(18(16)24-15)26-13-12-23-19(25)20(2)14-21(20)8-10-22-11-9-21/h3-7,22H,8-14H2,1-2H3,(H,23,25). The van der Waals surface area contributed by atoms with Crippen molar-refractivity contribution in [3.63, 3.8) is 0 Å². The molecule has 1 atom stereocenters. The largest absolute Gasteiger partial charge is 0.489 e. The first-order valence-corrected chi connectivity index (χ1v) is 9.52. The zero-order chi connectivity index (χ0) is 18.2. The monoisotopic (exact) mass is 353 g/mol. The van der Waals surface area contributed by atoms with Crippen molar-refractivity contribution in [2.24, 2.45) is 10.8 Å². The quantitative estimate of drug-likeness (QED) is 0.812. The Labute approximate surface area is 154 Å². The van der Waals surface area contributed by atoms with Gasteiger partial charge in [-0.1, -0.05) is 25.1 Å². The van der Waals surface area contributed by atoms with Crippen molar-refractivity contribution in [2.75, 3.05) is 26.2 Å². The third-order valence-corrected chi connectivity index (χ3v) is 6.27. The van der Waals surface area contributed by atoms with Gasteiger partial charge in [-0.25, -0.2) is 4.98 Å². The van der Waals surface area contributed by atoms with E-state index in [-0.39, 0.29) is 16.7 Å². The number of carbonyl (C=O) groups excluding carboxylic acids is 1. The molecule has 1 spiro atoms. The molecule has 4 rings (SSSR count). The lowest BCUT2D eigenvalue weighted by molar-refractivity contribution is -0.127. The molecule has 0 bridgehead atoms. The predicted octanol–water partition coefficient (Wildman–Crippen LogP) is 2.82. The molecule has 1 saturated heterocycles. The maximum absolute atomic E-state index is 12.7. The van der Waals surface area contributed by atoms with Gasteiger partial charge in [0.1, 0.15) is 17.9 Å².